The first-order valence-electron chi connectivity index (χ1n) is 21.9. The normalized spacial score (nSPS) is 14.3. The molecule has 0 saturated heterocycles. The molecule has 3 N–H and O–H groups in total. The topological polar surface area (TPSA) is 69.6 Å². The Bertz CT molecular complexity index is 1180. The molecule has 0 aromatic carbocycles. The number of nitrogens with one attached hydrogen (secondary N) is 1. The van der Waals surface area contributed by atoms with E-state index in [4.69, 9.17) is 0 Å². The van der Waals surface area contributed by atoms with Gasteiger partial charge in [-0.05, 0) is 96.3 Å². The lowest BCUT2D eigenvalue weighted by Crippen LogP contribution is -2.45. The number of carbonyl (C=O) groups excluding carboxylic acids is 1. The van der Waals surface area contributed by atoms with Crippen molar-refractivity contribution in [1.82, 2.24) is 5.32 Å². The van der Waals surface area contributed by atoms with E-state index in [1.807, 2.05) is 6.08 Å². The summed E-state index contributed by atoms with van der Waals surface area (Å²) in [6.07, 6.45) is 71.4. The summed E-state index contributed by atoms with van der Waals surface area (Å²) in [6, 6.07) is -0.652. The van der Waals surface area contributed by atoms with Crippen LogP contribution in [-0.2, 0) is 4.79 Å². The molecule has 0 rings (SSSR count). The largest absolute Gasteiger partial charge is 0.394 e. The maximum Gasteiger partial charge on any atom is 0.220 e. The van der Waals surface area contributed by atoms with E-state index >= 15 is 0 Å². The third kappa shape index (κ3) is 41.5. The molecule has 1 amide bonds. The zero-order valence-electron chi connectivity index (χ0n) is 35.1. The van der Waals surface area contributed by atoms with E-state index in [1.54, 1.807) is 6.08 Å². The van der Waals surface area contributed by atoms with Crippen LogP contribution in [0.4, 0.5) is 0 Å². The molecule has 0 bridgehead atoms. The van der Waals surface area contributed by atoms with Crippen LogP contribution in [0.25, 0.3) is 0 Å². The quantitative estimate of drug-likeness (QED) is 0.0437. The Balaban J connectivity index is 3.67. The number of carbonyl (C=O) groups is 1. The van der Waals surface area contributed by atoms with Crippen molar-refractivity contribution in [2.24, 2.45) is 0 Å². The Kier molecular flexibility index (Phi) is 42.1. The zero-order valence-corrected chi connectivity index (χ0v) is 35.1. The van der Waals surface area contributed by atoms with Gasteiger partial charge in [0, 0.05) is 6.42 Å². The Morgan fingerprint density at radius 3 is 1.27 bits per heavy atom. The van der Waals surface area contributed by atoms with Crippen LogP contribution in [0.3, 0.4) is 0 Å². The lowest BCUT2D eigenvalue weighted by Gasteiger charge is -2.19. The van der Waals surface area contributed by atoms with Crippen molar-refractivity contribution in [2.45, 2.75) is 174 Å². The summed E-state index contributed by atoms with van der Waals surface area (Å²) < 4.78 is 0. The first kappa shape index (κ1) is 51.5. The Labute approximate surface area is 339 Å². The van der Waals surface area contributed by atoms with E-state index in [2.05, 4.69) is 141 Å². The fourth-order valence-corrected chi connectivity index (χ4v) is 5.52. The van der Waals surface area contributed by atoms with E-state index in [0.29, 0.717) is 6.42 Å². The average Bonchev–Trinajstić information content (AvgIpc) is 3.19. The summed E-state index contributed by atoms with van der Waals surface area (Å²) in [5.74, 6) is -0.0969. The second-order valence-electron chi connectivity index (χ2n) is 14.0. The maximum atomic E-state index is 12.3. The van der Waals surface area contributed by atoms with Gasteiger partial charge >= 0.3 is 0 Å². The molecule has 4 nitrogen and oxygen atoms in total. The second kappa shape index (κ2) is 44.9. The van der Waals surface area contributed by atoms with Gasteiger partial charge in [0.2, 0.25) is 5.91 Å². The first-order valence-corrected chi connectivity index (χ1v) is 21.9. The number of rotatable bonds is 37. The first-order chi connectivity index (χ1) is 27.2. The maximum absolute atomic E-state index is 12.3. The molecule has 2 atom stereocenters. The van der Waals surface area contributed by atoms with Crippen LogP contribution in [0.2, 0.25) is 0 Å². The average molecular weight is 756 g/mol. The summed E-state index contributed by atoms with van der Waals surface area (Å²) in [4.78, 5) is 12.3. The van der Waals surface area contributed by atoms with Gasteiger partial charge < -0.3 is 15.5 Å². The zero-order chi connectivity index (χ0) is 40.0. The SMILES string of the molecule is CC/C=C\C/C=C\C/C=C\C/C=C\C/C=C\C/C=C\C/C=C\C/C=C\C/C=C\CCCCCCCCCC(=O)NC(CO)C(O)/C=C/CC/C=C/CCCC. The van der Waals surface area contributed by atoms with E-state index in [1.165, 1.54) is 38.5 Å². The van der Waals surface area contributed by atoms with Crippen LogP contribution in [0.5, 0.6) is 0 Å². The molecule has 0 heterocycles. The molecule has 0 aliphatic heterocycles. The number of allylic oxidation sites excluding steroid dienone is 21. The number of hydrogen-bond acceptors (Lipinski definition) is 3. The third-order valence-electron chi connectivity index (χ3n) is 8.87. The summed E-state index contributed by atoms with van der Waals surface area (Å²) >= 11 is 0. The van der Waals surface area contributed by atoms with Gasteiger partial charge in [0.1, 0.15) is 0 Å². The van der Waals surface area contributed by atoms with Gasteiger partial charge in [-0.15, -0.1) is 0 Å². The van der Waals surface area contributed by atoms with Crippen molar-refractivity contribution in [3.8, 4) is 0 Å². The van der Waals surface area contributed by atoms with E-state index in [9.17, 15) is 15.0 Å². The predicted molar refractivity (Wildman–Crippen MR) is 243 cm³/mol. The molecule has 0 aliphatic rings. The lowest BCUT2D eigenvalue weighted by atomic mass is 10.1. The van der Waals surface area contributed by atoms with Crippen LogP contribution in [-0.4, -0.2) is 34.9 Å². The number of aliphatic hydroxyl groups is 2. The number of unbranched alkanes of at least 4 members (excludes halogenated alkanes) is 10. The third-order valence-corrected chi connectivity index (χ3v) is 8.87. The minimum absolute atomic E-state index is 0.0969. The molecule has 0 aliphatic carbocycles. The minimum atomic E-state index is -0.873. The summed E-state index contributed by atoms with van der Waals surface area (Å²) in [5, 5.41) is 22.8. The van der Waals surface area contributed by atoms with Gasteiger partial charge in [0.05, 0.1) is 18.8 Å². The van der Waals surface area contributed by atoms with Gasteiger partial charge in [0.15, 0.2) is 0 Å². The lowest BCUT2D eigenvalue weighted by molar-refractivity contribution is -0.123. The Hall–Kier alpha value is -3.47. The molecule has 0 saturated carbocycles. The van der Waals surface area contributed by atoms with Gasteiger partial charge in [-0.1, -0.05) is 192 Å². The molecule has 0 radical (unpaired) electrons. The van der Waals surface area contributed by atoms with Crippen LogP contribution < -0.4 is 5.32 Å². The van der Waals surface area contributed by atoms with Crippen molar-refractivity contribution in [3.05, 3.63) is 134 Å². The highest BCUT2D eigenvalue weighted by Crippen LogP contribution is 2.11. The molecular formula is C51H81NO3. The van der Waals surface area contributed by atoms with Gasteiger partial charge in [-0.25, -0.2) is 0 Å². The fraction of sp³-hybridized carbons (Fsp3) is 0.549. The highest BCUT2D eigenvalue weighted by Gasteiger charge is 2.17. The van der Waals surface area contributed by atoms with Crippen molar-refractivity contribution < 1.29 is 15.0 Å². The van der Waals surface area contributed by atoms with Crippen LogP contribution in [0.15, 0.2) is 134 Å². The Morgan fingerprint density at radius 2 is 0.818 bits per heavy atom. The molecule has 55 heavy (non-hydrogen) atoms. The van der Waals surface area contributed by atoms with E-state index < -0.39 is 12.1 Å². The van der Waals surface area contributed by atoms with E-state index in [0.717, 1.165) is 103 Å². The van der Waals surface area contributed by atoms with Crippen molar-refractivity contribution in [2.75, 3.05) is 6.61 Å². The summed E-state index contributed by atoms with van der Waals surface area (Å²) in [7, 11) is 0. The number of aliphatic hydroxyl groups excluding tert-OH is 2. The Morgan fingerprint density at radius 1 is 0.455 bits per heavy atom. The summed E-state index contributed by atoms with van der Waals surface area (Å²) in [5.41, 5.74) is 0. The molecule has 2 unspecified atom stereocenters. The number of amides is 1. The molecular weight excluding hydrogens is 675 g/mol. The van der Waals surface area contributed by atoms with Crippen molar-refractivity contribution in [1.29, 1.82) is 0 Å². The molecule has 308 valence electrons. The molecule has 0 fully saturated rings. The van der Waals surface area contributed by atoms with Crippen LogP contribution >= 0.6 is 0 Å². The standard InChI is InChI=1S/C51H81NO3/c1-3-5-7-9-11-13-14-15-16-17-18-19-20-21-22-23-24-25-26-27-28-29-30-31-32-33-34-35-36-37-38-39-41-43-45-47-51(55)52-49(48-53)50(54)46-44-42-40-12-10-8-6-4-2/h5,7,10-13,15-16,18-19,21-22,24-25,27-28,30-31,33-34,44,46,49-50,53-54H,3-4,6,8-9,14,17,20,23,26,29,32,35-43,45,47-48H2,1-2H3,(H,52,55)/b7-5-,12-10+,13-11-,16-15-,19-18-,22-21-,25-24-,28-27-,31-30-,34-33-,46-44+. The van der Waals surface area contributed by atoms with Crippen LogP contribution in [0.1, 0.15) is 162 Å². The van der Waals surface area contributed by atoms with E-state index in [-0.39, 0.29) is 12.5 Å². The predicted octanol–water partition coefficient (Wildman–Crippen LogP) is 14.0. The van der Waals surface area contributed by atoms with Gasteiger partial charge in [0.25, 0.3) is 0 Å². The van der Waals surface area contributed by atoms with Crippen LogP contribution in [0, 0.1) is 0 Å². The molecule has 0 aromatic rings. The fourth-order valence-electron chi connectivity index (χ4n) is 5.52. The van der Waals surface area contributed by atoms with Gasteiger partial charge in [-0.2, -0.15) is 0 Å². The summed E-state index contributed by atoms with van der Waals surface area (Å²) in [6.45, 7) is 4.08. The van der Waals surface area contributed by atoms with Gasteiger partial charge in [-0.3, -0.25) is 4.79 Å². The molecule has 0 aromatic heterocycles. The highest BCUT2D eigenvalue weighted by molar-refractivity contribution is 5.76. The van der Waals surface area contributed by atoms with Crippen molar-refractivity contribution in [3.63, 3.8) is 0 Å². The smallest absolute Gasteiger partial charge is 0.220 e. The molecule has 4 heteroatoms. The monoisotopic (exact) mass is 756 g/mol. The second-order valence-corrected chi connectivity index (χ2v) is 14.0. The van der Waals surface area contributed by atoms with Crippen molar-refractivity contribution >= 4 is 5.91 Å². The minimum Gasteiger partial charge on any atom is -0.394 e. The highest BCUT2D eigenvalue weighted by atomic mass is 16.3. The number of hydrogen-bond donors (Lipinski definition) is 3. The molecule has 0 spiro atoms.